The number of rotatable bonds is 5. The second-order valence-electron chi connectivity index (χ2n) is 4.30. The minimum Gasteiger partial charge on any atom is -0.467 e. The first-order valence-corrected chi connectivity index (χ1v) is 7.14. The van der Waals surface area contributed by atoms with E-state index < -0.39 is 0 Å². The van der Waals surface area contributed by atoms with Crippen molar-refractivity contribution in [3.05, 3.63) is 51.9 Å². The Kier molecular flexibility index (Phi) is 4.84. The van der Waals surface area contributed by atoms with E-state index >= 15 is 0 Å². The first-order chi connectivity index (χ1) is 9.61. The Morgan fingerprint density at radius 1 is 1.40 bits per heavy atom. The largest absolute Gasteiger partial charge is 0.467 e. The van der Waals surface area contributed by atoms with Crippen LogP contribution < -0.4 is 5.32 Å². The maximum atomic E-state index is 11.6. The van der Waals surface area contributed by atoms with Crippen LogP contribution in [-0.2, 0) is 11.3 Å². The Hall–Kier alpha value is -1.75. The van der Waals surface area contributed by atoms with E-state index in [0.29, 0.717) is 18.7 Å². The quantitative estimate of drug-likeness (QED) is 0.833. The predicted molar refractivity (Wildman–Crippen MR) is 80.9 cm³/mol. The van der Waals surface area contributed by atoms with Crippen LogP contribution in [0.2, 0.25) is 0 Å². The molecule has 1 N–H and O–H groups in total. The average Bonchev–Trinajstić information content (AvgIpc) is 2.83. The van der Waals surface area contributed by atoms with Crippen molar-refractivity contribution in [2.75, 3.05) is 11.9 Å². The summed E-state index contributed by atoms with van der Waals surface area (Å²) in [5.74, 6) is 0.577. The van der Waals surface area contributed by atoms with E-state index in [1.165, 1.54) is 0 Å². The molecule has 106 valence electrons. The summed E-state index contributed by atoms with van der Waals surface area (Å²) in [6.45, 7) is 4.75. The molecule has 0 saturated heterocycles. The van der Waals surface area contributed by atoms with E-state index in [1.54, 1.807) is 25.3 Å². The number of carbonyl (C=O) groups excluding carboxylic acids is 1. The summed E-state index contributed by atoms with van der Waals surface area (Å²) in [7, 11) is 0. The lowest BCUT2D eigenvalue weighted by atomic mass is 10.2. The summed E-state index contributed by atoms with van der Waals surface area (Å²) >= 11 is 3.45. The molecule has 4 nitrogen and oxygen atoms in total. The monoisotopic (exact) mass is 337 g/mol. The average molecular weight is 338 g/mol. The van der Waals surface area contributed by atoms with Gasteiger partial charge in [0.15, 0.2) is 0 Å². The molecule has 0 aliphatic heterocycles. The maximum Gasteiger partial charge on any atom is 0.338 e. The molecular weight excluding hydrogens is 322 g/mol. The van der Waals surface area contributed by atoms with Gasteiger partial charge in [0, 0.05) is 10.2 Å². The number of halogens is 1. The van der Waals surface area contributed by atoms with Crippen molar-refractivity contribution in [1.29, 1.82) is 0 Å². The lowest BCUT2D eigenvalue weighted by molar-refractivity contribution is 0.0526. The summed E-state index contributed by atoms with van der Waals surface area (Å²) < 4.78 is 11.1. The van der Waals surface area contributed by atoms with Gasteiger partial charge >= 0.3 is 5.97 Å². The van der Waals surface area contributed by atoms with Gasteiger partial charge in [-0.2, -0.15) is 0 Å². The molecule has 1 aromatic carbocycles. The number of anilines is 1. The predicted octanol–water partition coefficient (Wildman–Crippen LogP) is 4.14. The lowest BCUT2D eigenvalue weighted by Crippen LogP contribution is -2.06. The Morgan fingerprint density at radius 2 is 2.20 bits per heavy atom. The van der Waals surface area contributed by atoms with Crippen LogP contribution in [0.5, 0.6) is 0 Å². The van der Waals surface area contributed by atoms with Gasteiger partial charge in [0.05, 0.1) is 25.0 Å². The molecule has 0 atom stereocenters. The normalized spacial score (nSPS) is 10.3. The van der Waals surface area contributed by atoms with Crippen LogP contribution in [0.3, 0.4) is 0 Å². The van der Waals surface area contributed by atoms with Crippen molar-refractivity contribution in [2.45, 2.75) is 20.4 Å². The minimum absolute atomic E-state index is 0.318. The molecule has 0 saturated carbocycles. The van der Waals surface area contributed by atoms with Crippen LogP contribution in [0, 0.1) is 6.92 Å². The molecule has 0 unspecified atom stereocenters. The number of hydrogen-bond donors (Lipinski definition) is 1. The molecule has 0 spiro atoms. The summed E-state index contributed by atoms with van der Waals surface area (Å²) in [6.07, 6.45) is 1.67. The van der Waals surface area contributed by atoms with Crippen molar-refractivity contribution < 1.29 is 13.9 Å². The van der Waals surface area contributed by atoms with Crippen molar-refractivity contribution >= 4 is 27.6 Å². The van der Waals surface area contributed by atoms with E-state index in [0.717, 1.165) is 21.5 Å². The summed E-state index contributed by atoms with van der Waals surface area (Å²) in [6, 6.07) is 7.25. The molecule has 2 aromatic rings. The SMILES string of the molecule is CCOC(=O)c1ccc(NCc2occc2C)c(Br)c1. The molecule has 5 heteroatoms. The second-order valence-corrected chi connectivity index (χ2v) is 5.15. The van der Waals surface area contributed by atoms with Crippen molar-refractivity contribution in [1.82, 2.24) is 0 Å². The Morgan fingerprint density at radius 3 is 2.80 bits per heavy atom. The second kappa shape index (κ2) is 6.61. The number of benzene rings is 1. The Labute approximate surface area is 126 Å². The van der Waals surface area contributed by atoms with E-state index in [1.807, 2.05) is 19.1 Å². The van der Waals surface area contributed by atoms with Gasteiger partial charge < -0.3 is 14.5 Å². The highest BCUT2D eigenvalue weighted by Crippen LogP contribution is 2.25. The number of ether oxygens (including phenoxy) is 1. The molecular formula is C15H16BrNO3. The van der Waals surface area contributed by atoms with Crippen LogP contribution in [0.15, 0.2) is 39.4 Å². The highest BCUT2D eigenvalue weighted by molar-refractivity contribution is 9.10. The highest BCUT2D eigenvalue weighted by Gasteiger charge is 2.09. The molecule has 0 aliphatic rings. The summed E-state index contributed by atoms with van der Waals surface area (Å²) in [5, 5.41) is 3.26. The number of nitrogens with one attached hydrogen (secondary N) is 1. The van der Waals surface area contributed by atoms with Gasteiger partial charge in [-0.25, -0.2) is 4.79 Å². The van der Waals surface area contributed by atoms with Gasteiger partial charge in [-0.05, 0) is 59.6 Å². The smallest absolute Gasteiger partial charge is 0.338 e. The third kappa shape index (κ3) is 3.42. The molecule has 1 heterocycles. The first-order valence-electron chi connectivity index (χ1n) is 6.35. The van der Waals surface area contributed by atoms with Crippen molar-refractivity contribution in [3.8, 4) is 0 Å². The number of furan rings is 1. The number of aryl methyl sites for hydroxylation is 1. The molecule has 2 rings (SSSR count). The van der Waals surface area contributed by atoms with Crippen LogP contribution in [-0.4, -0.2) is 12.6 Å². The van der Waals surface area contributed by atoms with Gasteiger partial charge in [0.25, 0.3) is 0 Å². The van der Waals surface area contributed by atoms with Gasteiger partial charge in [0.1, 0.15) is 5.76 Å². The number of hydrogen-bond acceptors (Lipinski definition) is 4. The zero-order valence-electron chi connectivity index (χ0n) is 11.4. The standard InChI is InChI=1S/C15H16BrNO3/c1-3-19-15(18)11-4-5-13(12(16)8-11)17-9-14-10(2)6-7-20-14/h4-8,17H,3,9H2,1-2H3. The van der Waals surface area contributed by atoms with Gasteiger partial charge in [-0.1, -0.05) is 0 Å². The fourth-order valence-corrected chi connectivity index (χ4v) is 2.28. The van der Waals surface area contributed by atoms with E-state index in [-0.39, 0.29) is 5.97 Å². The molecule has 0 fully saturated rings. The van der Waals surface area contributed by atoms with E-state index in [9.17, 15) is 4.79 Å². The number of esters is 1. The molecule has 0 aliphatic carbocycles. The third-order valence-electron chi connectivity index (χ3n) is 2.89. The zero-order valence-corrected chi connectivity index (χ0v) is 13.0. The summed E-state index contributed by atoms with van der Waals surface area (Å²) in [4.78, 5) is 11.6. The zero-order chi connectivity index (χ0) is 14.5. The number of carbonyl (C=O) groups is 1. The molecule has 1 aromatic heterocycles. The van der Waals surface area contributed by atoms with E-state index in [2.05, 4.69) is 21.2 Å². The van der Waals surface area contributed by atoms with Crippen molar-refractivity contribution in [3.63, 3.8) is 0 Å². The molecule has 0 amide bonds. The fraction of sp³-hybridized carbons (Fsp3) is 0.267. The Balaban J connectivity index is 2.06. The van der Waals surface area contributed by atoms with Crippen molar-refractivity contribution in [2.24, 2.45) is 0 Å². The van der Waals surface area contributed by atoms with Gasteiger partial charge in [-0.15, -0.1) is 0 Å². The van der Waals surface area contributed by atoms with Crippen LogP contribution in [0.4, 0.5) is 5.69 Å². The Bertz CT molecular complexity index is 607. The first kappa shape index (κ1) is 14.7. The topological polar surface area (TPSA) is 51.5 Å². The van der Waals surface area contributed by atoms with Gasteiger partial charge in [-0.3, -0.25) is 0 Å². The van der Waals surface area contributed by atoms with Crippen LogP contribution in [0.1, 0.15) is 28.6 Å². The molecule has 0 bridgehead atoms. The maximum absolute atomic E-state index is 11.6. The molecule has 20 heavy (non-hydrogen) atoms. The molecule has 0 radical (unpaired) electrons. The highest BCUT2D eigenvalue weighted by atomic mass is 79.9. The van der Waals surface area contributed by atoms with E-state index in [4.69, 9.17) is 9.15 Å². The van der Waals surface area contributed by atoms with Gasteiger partial charge in [0.2, 0.25) is 0 Å². The van der Waals surface area contributed by atoms with Crippen LogP contribution in [0.25, 0.3) is 0 Å². The third-order valence-corrected chi connectivity index (χ3v) is 3.54. The fourth-order valence-electron chi connectivity index (χ4n) is 1.76. The summed E-state index contributed by atoms with van der Waals surface area (Å²) in [5.41, 5.74) is 2.53. The minimum atomic E-state index is -0.318. The lowest BCUT2D eigenvalue weighted by Gasteiger charge is -2.09. The van der Waals surface area contributed by atoms with Crippen LogP contribution >= 0.6 is 15.9 Å².